The van der Waals surface area contributed by atoms with E-state index in [2.05, 4.69) is 15.2 Å². The van der Waals surface area contributed by atoms with Crippen LogP contribution in [0.25, 0.3) is 10.9 Å². The molecule has 1 aromatic carbocycles. The summed E-state index contributed by atoms with van der Waals surface area (Å²) in [6.07, 6.45) is 0.878. The monoisotopic (exact) mass is 313 g/mol. The van der Waals surface area contributed by atoms with Crippen molar-refractivity contribution < 1.29 is 4.79 Å². The molecule has 0 aliphatic carbocycles. The van der Waals surface area contributed by atoms with Crippen molar-refractivity contribution in [3.63, 3.8) is 0 Å². The summed E-state index contributed by atoms with van der Waals surface area (Å²) in [5.74, 6) is 0.197. The Morgan fingerprint density at radius 3 is 3.00 bits per heavy atom. The zero-order valence-corrected chi connectivity index (χ0v) is 13.7. The number of hydrogen-bond donors (Lipinski definition) is 2. The lowest BCUT2D eigenvalue weighted by molar-refractivity contribution is -0.124. The number of H-pyrrole nitrogens is 1. The van der Waals surface area contributed by atoms with Crippen LogP contribution in [-0.4, -0.2) is 35.4 Å². The van der Waals surface area contributed by atoms with Crippen LogP contribution in [0.1, 0.15) is 24.6 Å². The lowest BCUT2D eigenvalue weighted by Crippen LogP contribution is -2.32. The summed E-state index contributed by atoms with van der Waals surface area (Å²) in [7, 11) is 0. The van der Waals surface area contributed by atoms with Gasteiger partial charge in [0.15, 0.2) is 5.43 Å². The Balaban J connectivity index is 1.74. The zero-order valence-electron chi connectivity index (χ0n) is 13.7. The molecule has 5 heteroatoms. The molecule has 0 spiro atoms. The second-order valence-corrected chi connectivity index (χ2v) is 6.32. The summed E-state index contributed by atoms with van der Waals surface area (Å²) in [5, 5.41) is 3.62. The summed E-state index contributed by atoms with van der Waals surface area (Å²) in [6, 6.07) is 7.56. The molecule has 0 bridgehead atoms. The molecule has 1 aliphatic rings. The summed E-state index contributed by atoms with van der Waals surface area (Å²) in [4.78, 5) is 29.8. The lowest BCUT2D eigenvalue weighted by Gasteiger charge is -2.16. The van der Waals surface area contributed by atoms with E-state index in [1.807, 2.05) is 32.0 Å². The quantitative estimate of drug-likeness (QED) is 0.904. The average Bonchev–Trinajstić information content (AvgIpc) is 2.97. The van der Waals surface area contributed by atoms with E-state index in [9.17, 15) is 9.59 Å². The molecule has 3 rings (SSSR count). The molecular weight excluding hydrogens is 290 g/mol. The maximum absolute atomic E-state index is 12.3. The Morgan fingerprint density at radius 2 is 2.22 bits per heavy atom. The first-order valence-corrected chi connectivity index (χ1v) is 8.19. The summed E-state index contributed by atoms with van der Waals surface area (Å²) in [6.45, 7) is 6.90. The van der Waals surface area contributed by atoms with Gasteiger partial charge in [0.05, 0.1) is 5.92 Å². The zero-order chi connectivity index (χ0) is 16.4. The van der Waals surface area contributed by atoms with Crippen LogP contribution in [0.15, 0.2) is 29.1 Å². The number of pyridine rings is 1. The highest BCUT2D eigenvalue weighted by molar-refractivity contribution is 5.79. The molecule has 2 aromatic rings. The number of aromatic amines is 1. The number of aryl methyl sites for hydroxylation is 1. The van der Waals surface area contributed by atoms with E-state index in [-0.39, 0.29) is 17.3 Å². The molecule has 1 aliphatic heterocycles. The molecule has 0 unspecified atom stereocenters. The lowest BCUT2D eigenvalue weighted by atomic mass is 10.1. The number of nitrogens with one attached hydrogen (secondary N) is 2. The Morgan fingerprint density at radius 1 is 1.39 bits per heavy atom. The summed E-state index contributed by atoms with van der Waals surface area (Å²) < 4.78 is 0. The van der Waals surface area contributed by atoms with Crippen molar-refractivity contribution in [2.24, 2.45) is 5.92 Å². The van der Waals surface area contributed by atoms with Gasteiger partial charge in [0.2, 0.25) is 5.91 Å². The molecule has 1 saturated heterocycles. The number of carbonyl (C=O) groups is 1. The van der Waals surface area contributed by atoms with E-state index in [4.69, 9.17) is 0 Å². The van der Waals surface area contributed by atoms with Crippen molar-refractivity contribution in [3.8, 4) is 0 Å². The van der Waals surface area contributed by atoms with Gasteiger partial charge < -0.3 is 10.3 Å². The summed E-state index contributed by atoms with van der Waals surface area (Å²) in [5.41, 5.74) is 2.91. The SMILES string of the molecule is CCNC(=O)[C@@H]1CCN(Cc2cc(=O)c3cc(C)ccc3[nH]2)C1. The molecule has 1 fully saturated rings. The number of likely N-dealkylation sites (tertiary alicyclic amines) is 1. The minimum atomic E-state index is 0.0527. The Bertz CT molecular complexity index is 781. The van der Waals surface area contributed by atoms with E-state index in [0.717, 1.165) is 41.7 Å². The predicted molar refractivity (Wildman–Crippen MR) is 91.4 cm³/mol. The standard InChI is InChI=1S/C18H23N3O2/c1-3-19-18(23)13-6-7-21(10-13)11-14-9-17(22)15-8-12(2)4-5-16(15)20-14/h4-5,8-9,13H,3,6-7,10-11H2,1-2H3,(H,19,23)(H,20,22)/t13-/m1/s1. The summed E-state index contributed by atoms with van der Waals surface area (Å²) >= 11 is 0. The Labute approximate surface area is 135 Å². The molecule has 1 aromatic heterocycles. The first-order chi connectivity index (χ1) is 11.1. The minimum Gasteiger partial charge on any atom is -0.357 e. The number of aromatic nitrogens is 1. The normalized spacial score (nSPS) is 18.4. The third kappa shape index (κ3) is 3.45. The van der Waals surface area contributed by atoms with Crippen LogP contribution in [0.5, 0.6) is 0 Å². The third-order valence-electron chi connectivity index (χ3n) is 4.43. The van der Waals surface area contributed by atoms with Crippen LogP contribution < -0.4 is 10.7 Å². The van der Waals surface area contributed by atoms with Crippen LogP contribution in [0.3, 0.4) is 0 Å². The number of rotatable bonds is 4. The topological polar surface area (TPSA) is 65.2 Å². The second-order valence-electron chi connectivity index (χ2n) is 6.32. The van der Waals surface area contributed by atoms with Crippen molar-refractivity contribution in [2.75, 3.05) is 19.6 Å². The van der Waals surface area contributed by atoms with E-state index in [1.165, 1.54) is 0 Å². The predicted octanol–water partition coefficient (Wildman–Crippen LogP) is 1.79. The van der Waals surface area contributed by atoms with Gasteiger partial charge in [0, 0.05) is 42.3 Å². The van der Waals surface area contributed by atoms with Crippen molar-refractivity contribution in [2.45, 2.75) is 26.8 Å². The van der Waals surface area contributed by atoms with Gasteiger partial charge in [-0.15, -0.1) is 0 Å². The molecule has 122 valence electrons. The molecule has 0 saturated carbocycles. The van der Waals surface area contributed by atoms with E-state index in [1.54, 1.807) is 6.07 Å². The maximum atomic E-state index is 12.3. The maximum Gasteiger partial charge on any atom is 0.224 e. The minimum absolute atomic E-state index is 0.0527. The van der Waals surface area contributed by atoms with Crippen molar-refractivity contribution >= 4 is 16.8 Å². The fourth-order valence-electron chi connectivity index (χ4n) is 3.25. The third-order valence-corrected chi connectivity index (χ3v) is 4.43. The largest absolute Gasteiger partial charge is 0.357 e. The molecule has 5 nitrogen and oxygen atoms in total. The molecule has 1 amide bonds. The number of benzene rings is 1. The van der Waals surface area contributed by atoms with Crippen molar-refractivity contribution in [1.82, 2.24) is 15.2 Å². The van der Waals surface area contributed by atoms with Crippen LogP contribution in [-0.2, 0) is 11.3 Å². The van der Waals surface area contributed by atoms with Gasteiger partial charge in [-0.05, 0) is 38.9 Å². The smallest absolute Gasteiger partial charge is 0.224 e. The highest BCUT2D eigenvalue weighted by Gasteiger charge is 2.27. The fourth-order valence-corrected chi connectivity index (χ4v) is 3.25. The fraction of sp³-hybridized carbons (Fsp3) is 0.444. The van der Waals surface area contributed by atoms with E-state index in [0.29, 0.717) is 13.1 Å². The van der Waals surface area contributed by atoms with Crippen LogP contribution >= 0.6 is 0 Å². The van der Waals surface area contributed by atoms with E-state index < -0.39 is 0 Å². The first-order valence-electron chi connectivity index (χ1n) is 8.19. The van der Waals surface area contributed by atoms with Gasteiger partial charge in [-0.2, -0.15) is 0 Å². The number of nitrogens with zero attached hydrogens (tertiary/aromatic N) is 1. The highest BCUT2D eigenvalue weighted by Crippen LogP contribution is 2.19. The van der Waals surface area contributed by atoms with Gasteiger partial charge in [-0.25, -0.2) is 0 Å². The second kappa shape index (κ2) is 6.54. The van der Waals surface area contributed by atoms with Gasteiger partial charge >= 0.3 is 0 Å². The van der Waals surface area contributed by atoms with E-state index >= 15 is 0 Å². The van der Waals surface area contributed by atoms with Gasteiger partial charge in [0.1, 0.15) is 0 Å². The molecule has 23 heavy (non-hydrogen) atoms. The van der Waals surface area contributed by atoms with Gasteiger partial charge in [-0.3, -0.25) is 14.5 Å². The van der Waals surface area contributed by atoms with Crippen LogP contribution in [0, 0.1) is 12.8 Å². The van der Waals surface area contributed by atoms with Crippen LogP contribution in [0.2, 0.25) is 0 Å². The van der Waals surface area contributed by atoms with Crippen LogP contribution in [0.4, 0.5) is 0 Å². The molecule has 1 atom stereocenters. The number of fused-ring (bicyclic) bond motifs is 1. The Hall–Kier alpha value is -2.14. The molecule has 0 radical (unpaired) electrons. The van der Waals surface area contributed by atoms with Crippen molar-refractivity contribution in [3.05, 3.63) is 45.7 Å². The van der Waals surface area contributed by atoms with Gasteiger partial charge in [0.25, 0.3) is 0 Å². The number of carbonyl (C=O) groups excluding carboxylic acids is 1. The highest BCUT2D eigenvalue weighted by atomic mass is 16.2. The first kappa shape index (κ1) is 15.7. The van der Waals surface area contributed by atoms with Crippen molar-refractivity contribution in [1.29, 1.82) is 0 Å². The number of amides is 1. The molecular formula is C18H23N3O2. The number of hydrogen-bond acceptors (Lipinski definition) is 3. The van der Waals surface area contributed by atoms with Gasteiger partial charge in [-0.1, -0.05) is 11.6 Å². The molecule has 2 N–H and O–H groups in total. The average molecular weight is 313 g/mol. The Kier molecular flexibility index (Phi) is 4.48. The molecule has 2 heterocycles.